The van der Waals surface area contributed by atoms with Crippen molar-refractivity contribution in [2.45, 2.75) is 19.4 Å². The number of esters is 1. The summed E-state index contributed by atoms with van der Waals surface area (Å²) < 4.78 is 15.8. The summed E-state index contributed by atoms with van der Waals surface area (Å²) in [7, 11) is 2.92. The van der Waals surface area contributed by atoms with Crippen LogP contribution in [0.5, 0.6) is 11.5 Å². The average molecular weight is 383 g/mol. The van der Waals surface area contributed by atoms with Gasteiger partial charge in [-0.2, -0.15) is 0 Å². The van der Waals surface area contributed by atoms with Crippen molar-refractivity contribution in [3.8, 4) is 11.5 Å². The highest BCUT2D eigenvalue weighted by Crippen LogP contribution is 2.29. The molecule has 1 N–H and O–H groups in total. The lowest BCUT2D eigenvalue weighted by molar-refractivity contribution is -0.140. The molecule has 148 valence electrons. The normalized spacial score (nSPS) is 10.5. The fourth-order valence-corrected chi connectivity index (χ4v) is 2.42. The third-order valence-corrected chi connectivity index (χ3v) is 3.94. The molecule has 0 aliphatic heterocycles. The van der Waals surface area contributed by atoms with E-state index in [-0.39, 0.29) is 18.3 Å². The summed E-state index contributed by atoms with van der Waals surface area (Å²) >= 11 is 0. The number of amides is 1. The van der Waals surface area contributed by atoms with Crippen molar-refractivity contribution >= 4 is 18.0 Å². The molecule has 6 nitrogen and oxygen atoms in total. The van der Waals surface area contributed by atoms with E-state index in [4.69, 9.17) is 9.47 Å². The van der Waals surface area contributed by atoms with Gasteiger partial charge in [0, 0.05) is 19.0 Å². The first-order valence-electron chi connectivity index (χ1n) is 9.00. The molecule has 0 aromatic heterocycles. The van der Waals surface area contributed by atoms with E-state index >= 15 is 0 Å². The van der Waals surface area contributed by atoms with E-state index in [1.807, 2.05) is 42.5 Å². The molecule has 1 amide bonds. The van der Waals surface area contributed by atoms with Gasteiger partial charge in [0.2, 0.25) is 5.91 Å². The average Bonchev–Trinajstić information content (AvgIpc) is 2.74. The molecule has 0 heterocycles. The van der Waals surface area contributed by atoms with Crippen LogP contribution < -0.4 is 14.8 Å². The summed E-state index contributed by atoms with van der Waals surface area (Å²) in [6, 6.07) is 15.3. The summed E-state index contributed by atoms with van der Waals surface area (Å²) in [4.78, 5) is 22.9. The Hall–Kier alpha value is -3.28. The zero-order valence-electron chi connectivity index (χ0n) is 16.1. The third-order valence-electron chi connectivity index (χ3n) is 3.94. The molecular formula is C22H25NO5. The van der Waals surface area contributed by atoms with Crippen LogP contribution in [0.4, 0.5) is 0 Å². The Kier molecular flexibility index (Phi) is 8.59. The molecule has 2 aromatic rings. The van der Waals surface area contributed by atoms with E-state index in [2.05, 4.69) is 10.1 Å². The predicted octanol–water partition coefficient (Wildman–Crippen LogP) is 3.36. The number of methoxy groups -OCH3 is 2. The largest absolute Gasteiger partial charge is 0.493 e. The van der Waals surface area contributed by atoms with Gasteiger partial charge in [0.05, 0.1) is 14.2 Å². The van der Waals surface area contributed by atoms with Crippen LogP contribution in [-0.2, 0) is 20.9 Å². The molecule has 6 heteroatoms. The van der Waals surface area contributed by atoms with Crippen LogP contribution in [0.25, 0.3) is 6.08 Å². The zero-order chi connectivity index (χ0) is 20.2. The predicted molar refractivity (Wildman–Crippen MR) is 107 cm³/mol. The molecule has 0 aliphatic rings. The Morgan fingerprint density at radius 2 is 1.82 bits per heavy atom. The molecular weight excluding hydrogens is 358 g/mol. The molecule has 0 saturated heterocycles. The maximum absolute atomic E-state index is 11.8. The summed E-state index contributed by atoms with van der Waals surface area (Å²) in [6.07, 6.45) is 3.95. The van der Waals surface area contributed by atoms with Crippen LogP contribution in [0.15, 0.2) is 54.6 Å². The molecule has 28 heavy (non-hydrogen) atoms. The summed E-state index contributed by atoms with van der Waals surface area (Å²) in [5.74, 6) is 0.715. The van der Waals surface area contributed by atoms with Crippen molar-refractivity contribution < 1.29 is 23.8 Å². The zero-order valence-corrected chi connectivity index (χ0v) is 16.1. The Balaban J connectivity index is 1.87. The van der Waals surface area contributed by atoms with Crippen LogP contribution in [0.1, 0.15) is 24.0 Å². The van der Waals surface area contributed by atoms with Gasteiger partial charge in [0.15, 0.2) is 11.5 Å². The van der Waals surface area contributed by atoms with Crippen molar-refractivity contribution in [2.24, 2.45) is 0 Å². The molecule has 0 aliphatic carbocycles. The number of carbonyl (C=O) groups is 2. The van der Waals surface area contributed by atoms with E-state index in [9.17, 15) is 9.59 Å². The van der Waals surface area contributed by atoms with Crippen molar-refractivity contribution in [3.63, 3.8) is 0 Å². The molecule has 0 unspecified atom stereocenters. The molecule has 2 rings (SSSR count). The molecule has 2 aromatic carbocycles. The van der Waals surface area contributed by atoms with Gasteiger partial charge in [-0.1, -0.05) is 36.4 Å². The number of benzene rings is 2. The van der Waals surface area contributed by atoms with Crippen molar-refractivity contribution in [2.75, 3.05) is 20.8 Å². The standard InChI is InChI=1S/C22H25NO5/c1-26-20-15-17(11-13-21(24)23-14-6-9-22(25)27-2)10-12-19(20)28-16-18-7-4-3-5-8-18/h3-5,7-8,10-13,15H,6,9,14,16H2,1-2H3,(H,23,24)/b13-11+. The molecule has 0 fully saturated rings. The second kappa shape index (κ2) is 11.4. The molecule has 0 spiro atoms. The Morgan fingerprint density at radius 3 is 2.54 bits per heavy atom. The minimum Gasteiger partial charge on any atom is -0.493 e. The first kappa shape index (κ1) is 21.0. The highest BCUT2D eigenvalue weighted by Gasteiger charge is 2.06. The summed E-state index contributed by atoms with van der Waals surface area (Å²) in [5, 5.41) is 2.72. The maximum Gasteiger partial charge on any atom is 0.305 e. The SMILES string of the molecule is COC(=O)CCCNC(=O)/C=C/c1ccc(OCc2ccccc2)c(OC)c1. The monoisotopic (exact) mass is 383 g/mol. The van der Waals surface area contributed by atoms with Crippen LogP contribution in [0.2, 0.25) is 0 Å². The van der Waals surface area contributed by atoms with Crippen molar-refractivity contribution in [1.82, 2.24) is 5.32 Å². The number of hydrogen-bond acceptors (Lipinski definition) is 5. The van der Waals surface area contributed by atoms with Crippen LogP contribution >= 0.6 is 0 Å². The van der Waals surface area contributed by atoms with E-state index in [0.717, 1.165) is 11.1 Å². The van der Waals surface area contributed by atoms with E-state index in [0.29, 0.717) is 31.1 Å². The molecule has 0 bridgehead atoms. The van der Waals surface area contributed by atoms with Gasteiger partial charge in [0.1, 0.15) is 6.61 Å². The van der Waals surface area contributed by atoms with Gasteiger partial charge in [-0.3, -0.25) is 9.59 Å². The minimum atomic E-state index is -0.286. The number of rotatable bonds is 10. The molecule has 0 atom stereocenters. The Morgan fingerprint density at radius 1 is 1.04 bits per heavy atom. The highest BCUT2D eigenvalue weighted by molar-refractivity contribution is 5.91. The second-order valence-corrected chi connectivity index (χ2v) is 5.99. The van der Waals surface area contributed by atoms with Gasteiger partial charge < -0.3 is 19.5 Å². The lowest BCUT2D eigenvalue weighted by Crippen LogP contribution is -2.22. The Bertz CT molecular complexity index is 802. The minimum absolute atomic E-state index is 0.228. The summed E-state index contributed by atoms with van der Waals surface area (Å²) in [6.45, 7) is 0.855. The lowest BCUT2D eigenvalue weighted by atomic mass is 10.2. The smallest absolute Gasteiger partial charge is 0.305 e. The van der Waals surface area contributed by atoms with Gasteiger partial charge in [-0.15, -0.1) is 0 Å². The topological polar surface area (TPSA) is 73.9 Å². The van der Waals surface area contributed by atoms with Gasteiger partial charge in [-0.05, 0) is 35.8 Å². The van der Waals surface area contributed by atoms with Crippen LogP contribution in [-0.4, -0.2) is 32.6 Å². The van der Waals surface area contributed by atoms with E-state index in [1.54, 1.807) is 19.3 Å². The van der Waals surface area contributed by atoms with Gasteiger partial charge in [-0.25, -0.2) is 0 Å². The quantitative estimate of drug-likeness (QED) is 0.387. The number of hydrogen-bond donors (Lipinski definition) is 1. The van der Waals surface area contributed by atoms with E-state index < -0.39 is 0 Å². The molecule has 0 saturated carbocycles. The fraction of sp³-hybridized carbons (Fsp3) is 0.273. The maximum atomic E-state index is 11.8. The first-order chi connectivity index (χ1) is 13.6. The van der Waals surface area contributed by atoms with E-state index in [1.165, 1.54) is 13.2 Å². The van der Waals surface area contributed by atoms with Crippen LogP contribution in [0.3, 0.4) is 0 Å². The van der Waals surface area contributed by atoms with Crippen molar-refractivity contribution in [1.29, 1.82) is 0 Å². The van der Waals surface area contributed by atoms with Gasteiger partial charge >= 0.3 is 5.97 Å². The molecule has 0 radical (unpaired) electrons. The number of ether oxygens (including phenoxy) is 3. The summed E-state index contributed by atoms with van der Waals surface area (Å²) in [5.41, 5.74) is 1.88. The number of carbonyl (C=O) groups excluding carboxylic acids is 2. The second-order valence-electron chi connectivity index (χ2n) is 5.99. The van der Waals surface area contributed by atoms with Crippen LogP contribution in [0, 0.1) is 0 Å². The lowest BCUT2D eigenvalue weighted by Gasteiger charge is -2.11. The third kappa shape index (κ3) is 7.15. The van der Waals surface area contributed by atoms with Crippen molar-refractivity contribution in [3.05, 3.63) is 65.7 Å². The fourth-order valence-electron chi connectivity index (χ4n) is 2.42. The highest BCUT2D eigenvalue weighted by atomic mass is 16.5. The van der Waals surface area contributed by atoms with Gasteiger partial charge in [0.25, 0.3) is 0 Å². The first-order valence-corrected chi connectivity index (χ1v) is 9.00. The Labute approximate surface area is 165 Å². The number of nitrogens with one attached hydrogen (secondary N) is 1.